The van der Waals surface area contributed by atoms with Gasteiger partial charge in [-0.15, -0.1) is 0 Å². The van der Waals surface area contributed by atoms with Crippen molar-refractivity contribution in [2.75, 3.05) is 20.3 Å². The summed E-state index contributed by atoms with van der Waals surface area (Å²) in [5.41, 5.74) is 2.36. The lowest BCUT2D eigenvalue weighted by Crippen LogP contribution is -2.23. The molecule has 20 heavy (non-hydrogen) atoms. The van der Waals surface area contributed by atoms with Crippen LogP contribution in [-0.2, 0) is 22.6 Å². The molecule has 5 nitrogen and oxygen atoms in total. The van der Waals surface area contributed by atoms with Crippen LogP contribution in [0.4, 0.5) is 0 Å². The van der Waals surface area contributed by atoms with Crippen LogP contribution in [0.25, 0.3) is 0 Å². The highest BCUT2D eigenvalue weighted by atomic mass is 16.5. The Kier molecular flexibility index (Phi) is 5.18. The Morgan fingerprint density at radius 1 is 1.55 bits per heavy atom. The molecular weight excluding hydrogens is 254 g/mol. The van der Waals surface area contributed by atoms with Gasteiger partial charge in [-0.25, -0.2) is 0 Å². The van der Waals surface area contributed by atoms with Gasteiger partial charge in [0, 0.05) is 32.0 Å². The number of aromatic nitrogens is 2. The smallest absolute Gasteiger partial charge is 0.0779 e. The lowest BCUT2D eigenvalue weighted by molar-refractivity contribution is -0.0230. The molecule has 1 aromatic rings. The average molecular weight is 281 g/mol. The molecule has 0 aromatic carbocycles. The van der Waals surface area contributed by atoms with Crippen molar-refractivity contribution in [3.8, 4) is 0 Å². The minimum Gasteiger partial charge on any atom is -0.383 e. The maximum absolute atomic E-state index is 6.02. The van der Waals surface area contributed by atoms with Gasteiger partial charge in [-0.1, -0.05) is 0 Å². The minimum absolute atomic E-state index is 0.0252. The predicted octanol–water partition coefficient (Wildman–Crippen LogP) is 1.89. The van der Waals surface area contributed by atoms with Gasteiger partial charge in [0.15, 0.2) is 0 Å². The van der Waals surface area contributed by atoms with Gasteiger partial charge < -0.3 is 14.8 Å². The fraction of sp³-hybridized carbons (Fsp3) is 0.800. The summed E-state index contributed by atoms with van der Waals surface area (Å²) in [5, 5.41) is 7.94. The van der Waals surface area contributed by atoms with Crippen LogP contribution in [-0.4, -0.2) is 41.7 Å². The standard InChI is InChI=1S/C15H27N3O2/c1-12-13(9-16-7-8-19-4)10-18(17-12)11-14-5-6-15(2,3)20-14/h10,14,16H,5-9,11H2,1-4H3. The summed E-state index contributed by atoms with van der Waals surface area (Å²) in [5.74, 6) is 0. The molecule has 1 aliphatic heterocycles. The fourth-order valence-electron chi connectivity index (χ4n) is 2.64. The van der Waals surface area contributed by atoms with E-state index in [4.69, 9.17) is 9.47 Å². The van der Waals surface area contributed by atoms with E-state index in [1.54, 1.807) is 7.11 Å². The lowest BCUT2D eigenvalue weighted by Gasteiger charge is -2.19. The summed E-state index contributed by atoms with van der Waals surface area (Å²) in [4.78, 5) is 0. The van der Waals surface area contributed by atoms with Crippen LogP contribution >= 0.6 is 0 Å². The number of methoxy groups -OCH3 is 1. The Balaban J connectivity index is 1.84. The first-order valence-corrected chi connectivity index (χ1v) is 7.40. The number of ether oxygens (including phenoxy) is 2. The van der Waals surface area contributed by atoms with E-state index in [1.807, 2.05) is 4.68 Å². The molecule has 2 heterocycles. The second-order valence-electron chi connectivity index (χ2n) is 6.17. The molecule has 0 bridgehead atoms. The number of rotatable bonds is 7. The van der Waals surface area contributed by atoms with E-state index < -0.39 is 0 Å². The summed E-state index contributed by atoms with van der Waals surface area (Å²) in [6.07, 6.45) is 4.67. The molecular formula is C15H27N3O2. The maximum Gasteiger partial charge on any atom is 0.0779 e. The second kappa shape index (κ2) is 6.70. The van der Waals surface area contributed by atoms with Gasteiger partial charge in [0.1, 0.15) is 0 Å². The van der Waals surface area contributed by atoms with Gasteiger partial charge >= 0.3 is 0 Å². The van der Waals surface area contributed by atoms with Crippen molar-refractivity contribution in [3.63, 3.8) is 0 Å². The molecule has 1 atom stereocenters. The number of hydrogen-bond acceptors (Lipinski definition) is 4. The molecule has 0 radical (unpaired) electrons. The van der Waals surface area contributed by atoms with Gasteiger partial charge in [-0.05, 0) is 33.6 Å². The Morgan fingerprint density at radius 3 is 3.00 bits per heavy atom. The van der Waals surface area contributed by atoms with Crippen LogP contribution in [0.3, 0.4) is 0 Å². The van der Waals surface area contributed by atoms with Gasteiger partial charge in [0.2, 0.25) is 0 Å². The molecule has 1 aromatic heterocycles. The highest BCUT2D eigenvalue weighted by Gasteiger charge is 2.31. The third-order valence-electron chi connectivity index (χ3n) is 3.79. The van der Waals surface area contributed by atoms with Gasteiger partial charge in [-0.3, -0.25) is 4.68 Å². The molecule has 1 fully saturated rings. The predicted molar refractivity (Wildman–Crippen MR) is 78.7 cm³/mol. The Hall–Kier alpha value is -0.910. The van der Waals surface area contributed by atoms with Crippen LogP contribution in [0.2, 0.25) is 0 Å². The van der Waals surface area contributed by atoms with E-state index >= 15 is 0 Å². The van der Waals surface area contributed by atoms with Crippen LogP contribution in [0.5, 0.6) is 0 Å². The van der Waals surface area contributed by atoms with E-state index in [2.05, 4.69) is 37.4 Å². The lowest BCUT2D eigenvalue weighted by atomic mass is 10.1. The highest BCUT2D eigenvalue weighted by molar-refractivity contribution is 5.15. The third-order valence-corrected chi connectivity index (χ3v) is 3.79. The van der Waals surface area contributed by atoms with E-state index in [0.717, 1.165) is 44.8 Å². The van der Waals surface area contributed by atoms with Crippen LogP contribution < -0.4 is 5.32 Å². The molecule has 0 amide bonds. The topological polar surface area (TPSA) is 48.3 Å². The summed E-state index contributed by atoms with van der Waals surface area (Å²) in [7, 11) is 1.72. The maximum atomic E-state index is 6.02. The van der Waals surface area contributed by atoms with E-state index in [0.29, 0.717) is 6.10 Å². The molecule has 114 valence electrons. The van der Waals surface area contributed by atoms with Crippen molar-refractivity contribution in [1.29, 1.82) is 0 Å². The van der Waals surface area contributed by atoms with Crippen molar-refractivity contribution >= 4 is 0 Å². The molecule has 1 N–H and O–H groups in total. The van der Waals surface area contributed by atoms with Crippen LogP contribution in [0.15, 0.2) is 6.20 Å². The van der Waals surface area contributed by atoms with E-state index in [-0.39, 0.29) is 5.60 Å². The van der Waals surface area contributed by atoms with Crippen molar-refractivity contribution in [3.05, 3.63) is 17.5 Å². The summed E-state index contributed by atoms with van der Waals surface area (Å²) in [6.45, 7) is 9.66. The summed E-state index contributed by atoms with van der Waals surface area (Å²) >= 11 is 0. The average Bonchev–Trinajstić information content (AvgIpc) is 2.88. The third kappa shape index (κ3) is 4.30. The molecule has 2 rings (SSSR count). The number of nitrogens with one attached hydrogen (secondary N) is 1. The molecule has 0 aliphatic carbocycles. The van der Waals surface area contributed by atoms with Crippen LogP contribution in [0.1, 0.15) is 37.9 Å². The van der Waals surface area contributed by atoms with Crippen molar-refractivity contribution < 1.29 is 9.47 Å². The largest absolute Gasteiger partial charge is 0.383 e. The fourth-order valence-corrected chi connectivity index (χ4v) is 2.64. The summed E-state index contributed by atoms with van der Waals surface area (Å²) in [6, 6.07) is 0. The van der Waals surface area contributed by atoms with Crippen molar-refractivity contribution in [2.45, 2.75) is 58.4 Å². The Bertz CT molecular complexity index is 429. The monoisotopic (exact) mass is 281 g/mol. The Labute approximate surface area is 121 Å². The zero-order valence-corrected chi connectivity index (χ0v) is 13.1. The first-order valence-electron chi connectivity index (χ1n) is 7.40. The first-order chi connectivity index (χ1) is 9.50. The first kappa shape index (κ1) is 15.5. The Morgan fingerprint density at radius 2 is 2.35 bits per heavy atom. The van der Waals surface area contributed by atoms with Crippen LogP contribution in [0, 0.1) is 6.92 Å². The molecule has 1 aliphatic rings. The number of aryl methyl sites for hydroxylation is 1. The normalized spacial score (nSPS) is 21.5. The molecule has 0 saturated carbocycles. The summed E-state index contributed by atoms with van der Waals surface area (Å²) < 4.78 is 13.1. The molecule has 0 spiro atoms. The second-order valence-corrected chi connectivity index (χ2v) is 6.17. The zero-order chi connectivity index (χ0) is 14.6. The molecule has 5 heteroatoms. The number of nitrogens with zero attached hydrogens (tertiary/aromatic N) is 2. The minimum atomic E-state index is 0.0252. The number of hydrogen-bond donors (Lipinski definition) is 1. The molecule has 1 unspecified atom stereocenters. The quantitative estimate of drug-likeness (QED) is 0.775. The van der Waals surface area contributed by atoms with Crippen molar-refractivity contribution in [2.24, 2.45) is 0 Å². The molecule has 1 saturated heterocycles. The van der Waals surface area contributed by atoms with Gasteiger partial charge in [-0.2, -0.15) is 5.10 Å². The van der Waals surface area contributed by atoms with Gasteiger partial charge in [0.25, 0.3) is 0 Å². The zero-order valence-electron chi connectivity index (χ0n) is 13.1. The van der Waals surface area contributed by atoms with Gasteiger partial charge in [0.05, 0.1) is 30.6 Å². The highest BCUT2D eigenvalue weighted by Crippen LogP contribution is 2.30. The van der Waals surface area contributed by atoms with E-state index in [1.165, 1.54) is 5.56 Å². The van der Waals surface area contributed by atoms with Crippen molar-refractivity contribution in [1.82, 2.24) is 15.1 Å². The SMILES string of the molecule is COCCNCc1cn(CC2CCC(C)(C)O2)nc1C. The van der Waals surface area contributed by atoms with E-state index in [9.17, 15) is 0 Å².